The van der Waals surface area contributed by atoms with Crippen LogP contribution in [0.3, 0.4) is 0 Å². The van der Waals surface area contributed by atoms with E-state index < -0.39 is 6.09 Å². The van der Waals surface area contributed by atoms with Gasteiger partial charge in [0.25, 0.3) is 0 Å². The number of benzene rings is 1. The van der Waals surface area contributed by atoms with Crippen molar-refractivity contribution in [3.63, 3.8) is 0 Å². The highest BCUT2D eigenvalue weighted by Gasteiger charge is 2.20. The molecule has 0 spiro atoms. The minimum atomic E-state index is -1.14. The first-order chi connectivity index (χ1) is 12.0. The van der Waals surface area contributed by atoms with Gasteiger partial charge in [-0.15, -0.1) is 0 Å². The van der Waals surface area contributed by atoms with Crippen LogP contribution in [0.5, 0.6) is 0 Å². The van der Waals surface area contributed by atoms with Gasteiger partial charge in [-0.1, -0.05) is 15.9 Å². The number of hydrogen-bond acceptors (Lipinski definition) is 4. The lowest BCUT2D eigenvalue weighted by atomic mass is 9.92. The quantitative estimate of drug-likeness (QED) is 0.587. The molecule has 0 bridgehead atoms. The lowest BCUT2D eigenvalue weighted by molar-refractivity contribution is -0.116. The summed E-state index contributed by atoms with van der Waals surface area (Å²) < 4.78 is 0.943. The van der Waals surface area contributed by atoms with Gasteiger partial charge < -0.3 is 21.1 Å². The van der Waals surface area contributed by atoms with Crippen LogP contribution < -0.4 is 16.0 Å². The Kier molecular flexibility index (Phi) is 5.37. The molecule has 132 valence electrons. The average molecular weight is 407 g/mol. The van der Waals surface area contributed by atoms with E-state index in [1.54, 1.807) is 6.20 Å². The topological polar surface area (TPSA) is 103 Å². The summed E-state index contributed by atoms with van der Waals surface area (Å²) in [7, 11) is 0. The molecule has 1 aromatic heterocycles. The summed E-state index contributed by atoms with van der Waals surface area (Å²) in [6.07, 6.45) is 3.98. The maximum absolute atomic E-state index is 12.1. The minimum absolute atomic E-state index is 0.0630. The first-order valence-electron chi connectivity index (χ1n) is 8.14. The predicted molar refractivity (Wildman–Crippen MR) is 100.0 cm³/mol. The molecule has 0 radical (unpaired) electrons. The lowest BCUT2D eigenvalue weighted by Gasteiger charge is -2.29. The van der Waals surface area contributed by atoms with Crippen molar-refractivity contribution in [1.82, 2.24) is 10.3 Å². The summed E-state index contributed by atoms with van der Waals surface area (Å²) in [4.78, 5) is 27.0. The molecule has 1 aromatic carbocycles. The molecular formula is C17H19BrN4O3. The van der Waals surface area contributed by atoms with Crippen molar-refractivity contribution >= 4 is 50.2 Å². The summed E-state index contributed by atoms with van der Waals surface area (Å²) >= 11 is 3.45. The molecule has 4 N–H and O–H groups in total. The van der Waals surface area contributed by atoms with Crippen molar-refractivity contribution < 1.29 is 14.7 Å². The molecule has 0 aliphatic heterocycles. The van der Waals surface area contributed by atoms with Crippen molar-refractivity contribution in [2.24, 2.45) is 0 Å². The molecule has 1 fully saturated rings. The lowest BCUT2D eigenvalue weighted by Crippen LogP contribution is -2.28. The maximum Gasteiger partial charge on any atom is 0.404 e. The van der Waals surface area contributed by atoms with Crippen molar-refractivity contribution in [1.29, 1.82) is 0 Å². The molecule has 0 unspecified atom stereocenters. The van der Waals surface area contributed by atoms with E-state index in [1.165, 1.54) is 6.42 Å². The van der Waals surface area contributed by atoms with Crippen LogP contribution in [0, 0.1) is 0 Å². The number of nitrogens with zero attached hydrogens (tertiary/aromatic N) is 1. The molecule has 3 rings (SSSR count). The molecule has 2 aromatic rings. The Labute approximate surface area is 153 Å². The highest BCUT2D eigenvalue weighted by atomic mass is 79.9. The molecule has 0 atom stereocenters. The zero-order valence-electron chi connectivity index (χ0n) is 13.5. The van der Waals surface area contributed by atoms with Gasteiger partial charge in [0.15, 0.2) is 0 Å². The number of carbonyl (C=O) groups excluding carboxylic acids is 1. The Morgan fingerprint density at radius 3 is 2.80 bits per heavy atom. The second-order valence-corrected chi connectivity index (χ2v) is 6.93. The monoisotopic (exact) mass is 406 g/mol. The number of halogens is 1. The van der Waals surface area contributed by atoms with Crippen molar-refractivity contribution in [2.45, 2.75) is 31.7 Å². The number of amides is 2. The van der Waals surface area contributed by atoms with Crippen molar-refractivity contribution in [3.8, 4) is 0 Å². The zero-order chi connectivity index (χ0) is 17.8. The van der Waals surface area contributed by atoms with E-state index >= 15 is 0 Å². The van der Waals surface area contributed by atoms with Crippen LogP contribution in [0.2, 0.25) is 0 Å². The van der Waals surface area contributed by atoms with Crippen LogP contribution >= 0.6 is 15.9 Å². The fourth-order valence-electron chi connectivity index (χ4n) is 2.67. The standard InChI is InChI=1S/C17H19BrN4O3/c18-10-4-5-12-13(8-10)20-9-14(16(12)21-11-2-1-3-11)22-15(23)6-7-19-17(24)25/h4-5,8-9,11,19H,1-3,6-7H2,(H,20,21)(H,22,23)(H,24,25). The fourth-order valence-corrected chi connectivity index (χ4v) is 3.02. The van der Waals surface area contributed by atoms with E-state index in [0.717, 1.165) is 33.9 Å². The van der Waals surface area contributed by atoms with Crippen LogP contribution in [0.25, 0.3) is 10.9 Å². The third-order valence-corrected chi connectivity index (χ3v) is 4.68. The zero-order valence-corrected chi connectivity index (χ0v) is 15.1. The van der Waals surface area contributed by atoms with Gasteiger partial charge in [0.1, 0.15) is 0 Å². The highest BCUT2D eigenvalue weighted by Crippen LogP contribution is 2.34. The molecule has 8 heteroatoms. The SMILES string of the molecule is O=C(O)NCCC(=O)Nc1cnc2cc(Br)ccc2c1NC1CCC1. The second-order valence-electron chi connectivity index (χ2n) is 6.01. The Morgan fingerprint density at radius 1 is 1.32 bits per heavy atom. The molecular weight excluding hydrogens is 388 g/mol. The Bertz CT molecular complexity index is 808. The average Bonchev–Trinajstić information content (AvgIpc) is 2.51. The van der Waals surface area contributed by atoms with Gasteiger partial charge in [-0.05, 0) is 37.5 Å². The molecule has 2 amide bonds. The van der Waals surface area contributed by atoms with E-state index in [1.807, 2.05) is 18.2 Å². The van der Waals surface area contributed by atoms with Crippen LogP contribution in [-0.2, 0) is 4.79 Å². The Hall–Kier alpha value is -2.35. The van der Waals surface area contributed by atoms with E-state index in [4.69, 9.17) is 5.11 Å². The van der Waals surface area contributed by atoms with Gasteiger partial charge in [-0.2, -0.15) is 0 Å². The van der Waals surface area contributed by atoms with Gasteiger partial charge in [0.05, 0.1) is 23.1 Å². The van der Waals surface area contributed by atoms with Gasteiger partial charge in [-0.3, -0.25) is 9.78 Å². The molecule has 7 nitrogen and oxygen atoms in total. The van der Waals surface area contributed by atoms with E-state index in [-0.39, 0.29) is 18.9 Å². The van der Waals surface area contributed by atoms with E-state index in [9.17, 15) is 9.59 Å². The predicted octanol–water partition coefficient (Wildman–Crippen LogP) is 3.56. The number of fused-ring (bicyclic) bond motifs is 1. The minimum Gasteiger partial charge on any atom is -0.465 e. The van der Waals surface area contributed by atoms with Crippen molar-refractivity contribution in [3.05, 3.63) is 28.9 Å². The highest BCUT2D eigenvalue weighted by molar-refractivity contribution is 9.10. The number of carboxylic acid groups (broad SMARTS) is 1. The summed E-state index contributed by atoms with van der Waals surface area (Å²) in [5.74, 6) is -0.260. The van der Waals surface area contributed by atoms with Crippen LogP contribution in [0.15, 0.2) is 28.9 Å². The van der Waals surface area contributed by atoms with Gasteiger partial charge in [0, 0.05) is 28.9 Å². The van der Waals surface area contributed by atoms with E-state index in [2.05, 4.69) is 36.9 Å². The first-order valence-corrected chi connectivity index (χ1v) is 8.93. The maximum atomic E-state index is 12.1. The van der Waals surface area contributed by atoms with Gasteiger partial charge >= 0.3 is 6.09 Å². The largest absolute Gasteiger partial charge is 0.465 e. The van der Waals surface area contributed by atoms with Crippen LogP contribution in [0.4, 0.5) is 16.2 Å². The normalized spacial score (nSPS) is 14.0. The number of hydrogen-bond donors (Lipinski definition) is 4. The summed E-state index contributed by atoms with van der Waals surface area (Å²) in [6, 6.07) is 6.25. The first kappa shape index (κ1) is 17.5. The third kappa shape index (κ3) is 4.39. The molecule has 0 saturated heterocycles. The summed E-state index contributed by atoms with van der Waals surface area (Å²) in [6.45, 7) is 0.0700. The van der Waals surface area contributed by atoms with Crippen LogP contribution in [-0.4, -0.2) is 34.7 Å². The second kappa shape index (κ2) is 7.69. The smallest absolute Gasteiger partial charge is 0.404 e. The molecule has 1 saturated carbocycles. The van der Waals surface area contributed by atoms with Gasteiger partial charge in [-0.25, -0.2) is 4.79 Å². The number of pyridine rings is 1. The van der Waals surface area contributed by atoms with E-state index in [0.29, 0.717) is 11.7 Å². The number of rotatable bonds is 6. The number of nitrogens with one attached hydrogen (secondary N) is 3. The van der Waals surface area contributed by atoms with Crippen LogP contribution in [0.1, 0.15) is 25.7 Å². The molecule has 1 aliphatic carbocycles. The molecule has 1 aliphatic rings. The summed E-state index contributed by atoms with van der Waals surface area (Å²) in [5, 5.41) is 18.0. The Morgan fingerprint density at radius 2 is 2.12 bits per heavy atom. The summed E-state index contributed by atoms with van der Waals surface area (Å²) in [5.41, 5.74) is 2.31. The fraction of sp³-hybridized carbons (Fsp3) is 0.353. The number of carbonyl (C=O) groups is 2. The third-order valence-electron chi connectivity index (χ3n) is 4.19. The van der Waals surface area contributed by atoms with Crippen molar-refractivity contribution in [2.75, 3.05) is 17.2 Å². The number of anilines is 2. The van der Waals surface area contributed by atoms with Gasteiger partial charge in [0.2, 0.25) is 5.91 Å². The molecule has 25 heavy (non-hydrogen) atoms. The molecule has 1 heterocycles. The number of aromatic nitrogens is 1. The Balaban J connectivity index is 1.82.